The number of hydrogen-bond acceptors (Lipinski definition) is 4. The van der Waals surface area contributed by atoms with Crippen molar-refractivity contribution < 1.29 is 0 Å². The second kappa shape index (κ2) is 7.16. The topological polar surface area (TPSA) is 42.2 Å². The lowest BCUT2D eigenvalue weighted by molar-refractivity contribution is 0.402. The fourth-order valence-electron chi connectivity index (χ4n) is 2.50. The van der Waals surface area contributed by atoms with E-state index in [1.165, 1.54) is 16.0 Å². The van der Waals surface area contributed by atoms with Crippen LogP contribution in [0.3, 0.4) is 0 Å². The molecule has 21 heavy (non-hydrogen) atoms. The van der Waals surface area contributed by atoms with E-state index in [9.17, 15) is 0 Å². The van der Waals surface area contributed by atoms with Gasteiger partial charge in [-0.05, 0) is 45.5 Å². The second-order valence-corrected chi connectivity index (χ2v) is 7.09. The van der Waals surface area contributed by atoms with Crippen LogP contribution in [0, 0.1) is 6.92 Å². The summed E-state index contributed by atoms with van der Waals surface area (Å²) in [6, 6.07) is 8.76. The smallest absolute Gasteiger partial charge is 0.0904 e. The molecule has 0 spiro atoms. The number of nitrogens with zero attached hydrogens (tertiary/aromatic N) is 2. The third-order valence-electron chi connectivity index (χ3n) is 3.53. The van der Waals surface area contributed by atoms with Gasteiger partial charge in [-0.1, -0.05) is 31.2 Å². The van der Waals surface area contributed by atoms with E-state index in [1.54, 1.807) is 11.3 Å². The van der Waals surface area contributed by atoms with Crippen molar-refractivity contribution in [3.8, 4) is 11.3 Å². The minimum atomic E-state index is 0.470. The molecule has 4 heteroatoms. The van der Waals surface area contributed by atoms with Gasteiger partial charge in [-0.3, -0.25) is 0 Å². The summed E-state index contributed by atoms with van der Waals surface area (Å²) >= 11 is 1.80. The van der Waals surface area contributed by atoms with Crippen LogP contribution in [0.1, 0.15) is 34.7 Å². The molecule has 2 N–H and O–H groups in total. The summed E-state index contributed by atoms with van der Waals surface area (Å²) < 4.78 is 0. The van der Waals surface area contributed by atoms with Crippen molar-refractivity contribution in [2.24, 2.45) is 5.73 Å². The predicted molar refractivity (Wildman–Crippen MR) is 91.8 cm³/mol. The van der Waals surface area contributed by atoms with Crippen LogP contribution < -0.4 is 5.73 Å². The lowest BCUT2D eigenvalue weighted by Crippen LogP contribution is -2.10. The van der Waals surface area contributed by atoms with Crippen LogP contribution in [0.25, 0.3) is 11.3 Å². The van der Waals surface area contributed by atoms with Gasteiger partial charge in [-0.2, -0.15) is 0 Å². The van der Waals surface area contributed by atoms with Gasteiger partial charge in [-0.15, -0.1) is 11.3 Å². The van der Waals surface area contributed by atoms with Crippen molar-refractivity contribution in [2.45, 2.75) is 32.7 Å². The monoisotopic (exact) mass is 303 g/mol. The second-order valence-electron chi connectivity index (χ2n) is 5.86. The van der Waals surface area contributed by atoms with Crippen molar-refractivity contribution in [3.63, 3.8) is 0 Å². The third kappa shape index (κ3) is 4.13. The molecular weight excluding hydrogens is 278 g/mol. The number of nitrogens with two attached hydrogens (primary N) is 1. The van der Waals surface area contributed by atoms with Crippen LogP contribution >= 0.6 is 11.3 Å². The Balaban J connectivity index is 2.29. The van der Waals surface area contributed by atoms with Crippen LogP contribution in [0.5, 0.6) is 0 Å². The highest BCUT2D eigenvalue weighted by atomic mass is 32.1. The molecule has 0 aliphatic heterocycles. The van der Waals surface area contributed by atoms with Crippen LogP contribution in [0.4, 0.5) is 0 Å². The fraction of sp³-hybridized carbons (Fsp3) is 0.471. The molecule has 1 aromatic heterocycles. The van der Waals surface area contributed by atoms with E-state index < -0.39 is 0 Å². The maximum absolute atomic E-state index is 5.71. The highest BCUT2D eigenvalue weighted by Crippen LogP contribution is 2.35. The average molecular weight is 303 g/mol. The van der Waals surface area contributed by atoms with Crippen molar-refractivity contribution in [2.75, 3.05) is 20.6 Å². The lowest BCUT2D eigenvalue weighted by Gasteiger charge is -2.12. The molecular formula is C17H25N3S. The summed E-state index contributed by atoms with van der Waals surface area (Å²) in [5.74, 6) is 0.470. The zero-order chi connectivity index (χ0) is 15.4. The first-order valence-electron chi connectivity index (χ1n) is 7.42. The van der Waals surface area contributed by atoms with Crippen molar-refractivity contribution >= 4 is 11.3 Å². The first kappa shape index (κ1) is 16.1. The van der Waals surface area contributed by atoms with Crippen LogP contribution in [-0.2, 0) is 6.54 Å². The third-order valence-corrected chi connectivity index (χ3v) is 4.74. The van der Waals surface area contributed by atoms with E-state index in [1.807, 2.05) is 0 Å². The molecule has 0 radical (unpaired) electrons. The Labute approximate surface area is 131 Å². The highest BCUT2D eigenvalue weighted by molar-refractivity contribution is 7.12. The summed E-state index contributed by atoms with van der Waals surface area (Å²) in [5.41, 5.74) is 9.38. The van der Waals surface area contributed by atoms with Gasteiger partial charge in [0.1, 0.15) is 0 Å². The van der Waals surface area contributed by atoms with Gasteiger partial charge in [0.05, 0.1) is 10.7 Å². The molecule has 1 atom stereocenters. The van der Waals surface area contributed by atoms with E-state index in [-0.39, 0.29) is 0 Å². The Morgan fingerprint density at radius 2 is 1.90 bits per heavy atom. The molecule has 0 saturated heterocycles. The Hall–Kier alpha value is -1.23. The van der Waals surface area contributed by atoms with Gasteiger partial charge in [0.2, 0.25) is 0 Å². The Bertz CT molecular complexity index is 572. The zero-order valence-corrected chi connectivity index (χ0v) is 14.2. The van der Waals surface area contributed by atoms with Crippen molar-refractivity contribution in [3.05, 3.63) is 39.7 Å². The standard InChI is InChI=1S/C17H25N3S/c1-12(9-10-18)17-16(19-13(2)21-17)15-7-5-14(6-8-15)11-20(3)4/h5-8,12H,9-11,18H2,1-4H3. The first-order valence-corrected chi connectivity index (χ1v) is 8.24. The Morgan fingerprint density at radius 3 is 2.48 bits per heavy atom. The van der Waals surface area contributed by atoms with E-state index in [2.05, 4.69) is 57.1 Å². The summed E-state index contributed by atoms with van der Waals surface area (Å²) in [7, 11) is 4.18. The molecule has 2 aromatic rings. The predicted octanol–water partition coefficient (Wildman–Crippen LogP) is 3.63. The average Bonchev–Trinajstić information content (AvgIpc) is 2.81. The van der Waals surface area contributed by atoms with Crippen LogP contribution in [0.15, 0.2) is 24.3 Å². The van der Waals surface area contributed by atoms with Gasteiger partial charge in [0, 0.05) is 17.0 Å². The molecule has 114 valence electrons. The number of thiazole rings is 1. The lowest BCUT2D eigenvalue weighted by atomic mass is 10.0. The number of rotatable bonds is 6. The Kier molecular flexibility index (Phi) is 5.51. The summed E-state index contributed by atoms with van der Waals surface area (Å²) in [6.07, 6.45) is 1.01. The molecule has 0 aliphatic rings. The van der Waals surface area contributed by atoms with E-state index in [0.717, 1.165) is 30.2 Å². The molecule has 0 bridgehead atoms. The highest BCUT2D eigenvalue weighted by Gasteiger charge is 2.16. The van der Waals surface area contributed by atoms with Crippen LogP contribution in [-0.4, -0.2) is 30.5 Å². The Morgan fingerprint density at radius 1 is 1.24 bits per heavy atom. The normalized spacial score (nSPS) is 12.9. The molecule has 0 aliphatic carbocycles. The quantitative estimate of drug-likeness (QED) is 0.886. The maximum atomic E-state index is 5.71. The minimum absolute atomic E-state index is 0.470. The van der Waals surface area contributed by atoms with E-state index in [4.69, 9.17) is 10.7 Å². The number of aryl methyl sites for hydroxylation is 1. The number of benzene rings is 1. The molecule has 1 unspecified atom stereocenters. The first-order chi connectivity index (χ1) is 10.0. The molecule has 0 fully saturated rings. The molecule has 3 nitrogen and oxygen atoms in total. The summed E-state index contributed by atoms with van der Waals surface area (Å²) in [6.45, 7) is 6.00. The molecule has 2 rings (SSSR count). The van der Waals surface area contributed by atoms with Crippen LogP contribution in [0.2, 0.25) is 0 Å². The zero-order valence-electron chi connectivity index (χ0n) is 13.4. The number of aromatic nitrogens is 1. The van der Waals surface area contributed by atoms with Crippen molar-refractivity contribution in [1.82, 2.24) is 9.88 Å². The van der Waals surface area contributed by atoms with E-state index in [0.29, 0.717) is 5.92 Å². The van der Waals surface area contributed by atoms with Gasteiger partial charge in [-0.25, -0.2) is 4.98 Å². The molecule has 0 amide bonds. The SMILES string of the molecule is Cc1nc(-c2ccc(CN(C)C)cc2)c(C(C)CCN)s1. The van der Waals surface area contributed by atoms with Gasteiger partial charge >= 0.3 is 0 Å². The summed E-state index contributed by atoms with van der Waals surface area (Å²) in [5, 5.41) is 1.13. The maximum Gasteiger partial charge on any atom is 0.0904 e. The van der Waals surface area contributed by atoms with Gasteiger partial charge in [0.15, 0.2) is 0 Å². The molecule has 1 heterocycles. The van der Waals surface area contributed by atoms with Gasteiger partial charge in [0.25, 0.3) is 0 Å². The minimum Gasteiger partial charge on any atom is -0.330 e. The molecule has 1 aromatic carbocycles. The largest absolute Gasteiger partial charge is 0.330 e. The van der Waals surface area contributed by atoms with E-state index >= 15 is 0 Å². The summed E-state index contributed by atoms with van der Waals surface area (Å²) in [4.78, 5) is 8.28. The molecule has 0 saturated carbocycles. The van der Waals surface area contributed by atoms with Gasteiger partial charge < -0.3 is 10.6 Å². The fourth-order valence-corrected chi connectivity index (χ4v) is 3.53. The van der Waals surface area contributed by atoms with Crippen molar-refractivity contribution in [1.29, 1.82) is 0 Å². The number of hydrogen-bond donors (Lipinski definition) is 1.